The Hall–Kier alpha value is -0.570. The smallest absolute Gasteiger partial charge is 0.224 e. The van der Waals surface area contributed by atoms with Gasteiger partial charge < -0.3 is 10.6 Å². The number of carbonyl (C=O) groups excluding carboxylic acids is 1. The molecule has 3 unspecified atom stereocenters. The highest BCUT2D eigenvalue weighted by molar-refractivity contribution is 5.77. The van der Waals surface area contributed by atoms with Crippen LogP contribution in [0.3, 0.4) is 0 Å². The SMILES string of the molecule is CCCC(N)CC(=O)N1CCC(C)CC1C. The van der Waals surface area contributed by atoms with Crippen molar-refractivity contribution in [3.8, 4) is 0 Å². The second-order valence-electron chi connectivity index (χ2n) is 5.32. The molecule has 0 saturated carbocycles. The number of hydrogen-bond donors (Lipinski definition) is 1. The molecule has 3 atom stereocenters. The van der Waals surface area contributed by atoms with Crippen molar-refractivity contribution >= 4 is 5.91 Å². The molecule has 0 bridgehead atoms. The number of rotatable bonds is 4. The minimum atomic E-state index is 0.0454. The molecule has 0 aromatic rings. The summed E-state index contributed by atoms with van der Waals surface area (Å²) in [6, 6.07) is 0.439. The lowest BCUT2D eigenvalue weighted by molar-refractivity contribution is -0.135. The van der Waals surface area contributed by atoms with E-state index in [4.69, 9.17) is 5.73 Å². The van der Waals surface area contributed by atoms with Crippen molar-refractivity contribution in [1.29, 1.82) is 0 Å². The monoisotopic (exact) mass is 226 g/mol. The molecule has 0 aliphatic carbocycles. The molecular weight excluding hydrogens is 200 g/mol. The molecule has 1 saturated heterocycles. The molecule has 0 spiro atoms. The fourth-order valence-corrected chi connectivity index (χ4v) is 2.59. The van der Waals surface area contributed by atoms with Gasteiger partial charge in [0.05, 0.1) is 0 Å². The maximum Gasteiger partial charge on any atom is 0.224 e. The second-order valence-corrected chi connectivity index (χ2v) is 5.32. The first-order chi connectivity index (χ1) is 7.54. The molecule has 0 aromatic heterocycles. The van der Waals surface area contributed by atoms with Crippen LogP contribution >= 0.6 is 0 Å². The van der Waals surface area contributed by atoms with Gasteiger partial charge in [-0.1, -0.05) is 20.3 Å². The van der Waals surface area contributed by atoms with Gasteiger partial charge in [-0.05, 0) is 32.1 Å². The predicted octanol–water partition coefficient (Wildman–Crippen LogP) is 2.15. The van der Waals surface area contributed by atoms with E-state index in [9.17, 15) is 4.79 Å². The van der Waals surface area contributed by atoms with Crippen LogP contribution in [0.15, 0.2) is 0 Å². The Morgan fingerprint density at radius 3 is 2.75 bits per heavy atom. The fraction of sp³-hybridized carbons (Fsp3) is 0.923. The van der Waals surface area contributed by atoms with Crippen LogP contribution in [0.25, 0.3) is 0 Å². The van der Waals surface area contributed by atoms with E-state index in [1.165, 1.54) is 0 Å². The van der Waals surface area contributed by atoms with Gasteiger partial charge in [0.15, 0.2) is 0 Å². The third kappa shape index (κ3) is 3.78. The summed E-state index contributed by atoms with van der Waals surface area (Å²) >= 11 is 0. The van der Waals surface area contributed by atoms with Gasteiger partial charge >= 0.3 is 0 Å². The lowest BCUT2D eigenvalue weighted by atomic mass is 9.93. The van der Waals surface area contributed by atoms with E-state index in [-0.39, 0.29) is 11.9 Å². The van der Waals surface area contributed by atoms with Crippen molar-refractivity contribution in [3.63, 3.8) is 0 Å². The number of nitrogens with zero attached hydrogens (tertiary/aromatic N) is 1. The first kappa shape index (κ1) is 13.5. The third-order valence-corrected chi connectivity index (χ3v) is 3.55. The van der Waals surface area contributed by atoms with Crippen molar-refractivity contribution in [1.82, 2.24) is 4.90 Å². The van der Waals surface area contributed by atoms with Crippen LogP contribution in [-0.4, -0.2) is 29.4 Å². The molecule has 1 aliphatic heterocycles. The Morgan fingerprint density at radius 2 is 2.19 bits per heavy atom. The van der Waals surface area contributed by atoms with E-state index in [1.807, 2.05) is 4.90 Å². The van der Waals surface area contributed by atoms with Crippen molar-refractivity contribution in [2.24, 2.45) is 11.7 Å². The van der Waals surface area contributed by atoms with Gasteiger partial charge in [0.2, 0.25) is 5.91 Å². The highest BCUT2D eigenvalue weighted by atomic mass is 16.2. The molecule has 0 aromatic carbocycles. The number of hydrogen-bond acceptors (Lipinski definition) is 2. The largest absolute Gasteiger partial charge is 0.340 e. The van der Waals surface area contributed by atoms with Crippen LogP contribution in [0.4, 0.5) is 0 Å². The summed E-state index contributed by atoms with van der Waals surface area (Å²) in [6.45, 7) is 7.44. The van der Waals surface area contributed by atoms with Gasteiger partial charge in [-0.2, -0.15) is 0 Å². The molecule has 2 N–H and O–H groups in total. The molecule has 3 nitrogen and oxygen atoms in total. The van der Waals surface area contributed by atoms with E-state index in [0.29, 0.717) is 12.5 Å². The predicted molar refractivity (Wildman–Crippen MR) is 67.1 cm³/mol. The summed E-state index contributed by atoms with van der Waals surface area (Å²) in [5.74, 6) is 1.00. The molecule has 1 fully saturated rings. The van der Waals surface area contributed by atoms with Crippen LogP contribution in [0.5, 0.6) is 0 Å². The van der Waals surface area contributed by atoms with Gasteiger partial charge in [-0.3, -0.25) is 4.79 Å². The van der Waals surface area contributed by atoms with E-state index < -0.39 is 0 Å². The van der Waals surface area contributed by atoms with Crippen LogP contribution < -0.4 is 5.73 Å². The maximum absolute atomic E-state index is 12.0. The Kier molecular flexibility index (Phi) is 5.26. The van der Waals surface area contributed by atoms with Crippen LogP contribution in [0.1, 0.15) is 52.9 Å². The van der Waals surface area contributed by atoms with Crippen molar-refractivity contribution in [2.75, 3.05) is 6.54 Å². The number of carbonyl (C=O) groups is 1. The highest BCUT2D eigenvalue weighted by Crippen LogP contribution is 2.22. The van der Waals surface area contributed by atoms with E-state index in [1.54, 1.807) is 0 Å². The van der Waals surface area contributed by atoms with Gasteiger partial charge in [0.1, 0.15) is 0 Å². The van der Waals surface area contributed by atoms with E-state index in [0.717, 1.165) is 38.1 Å². The molecule has 94 valence electrons. The number of amides is 1. The zero-order valence-electron chi connectivity index (χ0n) is 10.9. The average molecular weight is 226 g/mol. The third-order valence-electron chi connectivity index (χ3n) is 3.55. The summed E-state index contributed by atoms with van der Waals surface area (Å²) in [6.07, 6.45) is 4.80. The van der Waals surface area contributed by atoms with Gasteiger partial charge in [-0.25, -0.2) is 0 Å². The van der Waals surface area contributed by atoms with Gasteiger partial charge in [0, 0.05) is 25.0 Å². The topological polar surface area (TPSA) is 46.3 Å². The molecule has 0 radical (unpaired) electrons. The Bertz CT molecular complexity index is 230. The maximum atomic E-state index is 12.0. The molecule has 16 heavy (non-hydrogen) atoms. The van der Waals surface area contributed by atoms with Crippen LogP contribution in [-0.2, 0) is 4.79 Å². The fourth-order valence-electron chi connectivity index (χ4n) is 2.59. The first-order valence-corrected chi connectivity index (χ1v) is 6.59. The normalized spacial score (nSPS) is 27.9. The minimum absolute atomic E-state index is 0.0454. The van der Waals surface area contributed by atoms with E-state index in [2.05, 4.69) is 20.8 Å². The van der Waals surface area contributed by atoms with Crippen LogP contribution in [0, 0.1) is 5.92 Å². The zero-order valence-corrected chi connectivity index (χ0v) is 10.9. The highest BCUT2D eigenvalue weighted by Gasteiger charge is 2.27. The van der Waals surface area contributed by atoms with E-state index >= 15 is 0 Å². The van der Waals surface area contributed by atoms with Crippen molar-refractivity contribution in [3.05, 3.63) is 0 Å². The molecule has 1 aliphatic rings. The zero-order chi connectivity index (χ0) is 12.1. The minimum Gasteiger partial charge on any atom is -0.340 e. The lowest BCUT2D eigenvalue weighted by Crippen LogP contribution is -2.45. The molecule has 1 amide bonds. The molecular formula is C13H26N2O. The van der Waals surface area contributed by atoms with Crippen molar-refractivity contribution < 1.29 is 4.79 Å². The number of likely N-dealkylation sites (tertiary alicyclic amines) is 1. The second kappa shape index (κ2) is 6.24. The summed E-state index contributed by atoms with van der Waals surface area (Å²) in [5, 5.41) is 0. The van der Waals surface area contributed by atoms with Gasteiger partial charge in [0.25, 0.3) is 0 Å². The summed E-state index contributed by atoms with van der Waals surface area (Å²) in [5.41, 5.74) is 5.92. The summed E-state index contributed by atoms with van der Waals surface area (Å²) in [4.78, 5) is 14.1. The van der Waals surface area contributed by atoms with Gasteiger partial charge in [-0.15, -0.1) is 0 Å². The molecule has 3 heteroatoms. The average Bonchev–Trinajstić information content (AvgIpc) is 2.17. The number of nitrogens with two attached hydrogens (primary N) is 1. The Morgan fingerprint density at radius 1 is 1.50 bits per heavy atom. The summed E-state index contributed by atoms with van der Waals surface area (Å²) in [7, 11) is 0. The lowest BCUT2D eigenvalue weighted by Gasteiger charge is -2.37. The quantitative estimate of drug-likeness (QED) is 0.798. The molecule has 1 rings (SSSR count). The summed E-state index contributed by atoms with van der Waals surface area (Å²) < 4.78 is 0. The Balaban J connectivity index is 2.41. The number of piperidine rings is 1. The first-order valence-electron chi connectivity index (χ1n) is 6.59. The Labute approximate surface area is 99.4 Å². The van der Waals surface area contributed by atoms with Crippen molar-refractivity contribution in [2.45, 2.75) is 65.0 Å². The molecule has 1 heterocycles. The standard InChI is InChI=1S/C13H26N2O/c1-4-5-12(14)9-13(16)15-7-6-10(2)8-11(15)3/h10-12H,4-9,14H2,1-3H3. The van der Waals surface area contributed by atoms with Crippen LogP contribution in [0.2, 0.25) is 0 Å².